The summed E-state index contributed by atoms with van der Waals surface area (Å²) in [6, 6.07) is 14.9. The highest BCUT2D eigenvalue weighted by Crippen LogP contribution is 2.23. The number of rotatable bonds is 3. The number of anilines is 2. The molecule has 3 nitrogen and oxygen atoms in total. The molecule has 0 aliphatic heterocycles. The molecule has 1 aromatic heterocycles. The van der Waals surface area contributed by atoms with Crippen molar-refractivity contribution in [2.45, 2.75) is 0 Å². The van der Waals surface area contributed by atoms with Crippen molar-refractivity contribution >= 4 is 11.6 Å². The normalized spacial score (nSPS) is 10.4. The van der Waals surface area contributed by atoms with E-state index in [0.29, 0.717) is 11.6 Å². The lowest BCUT2D eigenvalue weighted by Gasteiger charge is -2.07. The van der Waals surface area contributed by atoms with Gasteiger partial charge in [-0.2, -0.15) is 0 Å². The third-order valence-electron chi connectivity index (χ3n) is 2.91. The van der Waals surface area contributed by atoms with Crippen molar-refractivity contribution in [1.82, 2.24) is 9.97 Å². The highest BCUT2D eigenvalue weighted by atomic mass is 19.2. The lowest BCUT2D eigenvalue weighted by molar-refractivity contribution is 0.511. The van der Waals surface area contributed by atoms with Gasteiger partial charge < -0.3 is 5.32 Å². The maximum Gasteiger partial charge on any atom is 0.227 e. The Balaban J connectivity index is 1.95. The molecule has 0 atom stereocenters. The van der Waals surface area contributed by atoms with E-state index in [2.05, 4.69) is 15.3 Å². The monoisotopic (exact) mass is 283 g/mol. The van der Waals surface area contributed by atoms with E-state index in [1.807, 2.05) is 30.3 Å². The van der Waals surface area contributed by atoms with Gasteiger partial charge in [0.05, 0.1) is 5.69 Å². The molecule has 0 unspecified atom stereocenters. The number of nitrogens with zero attached hydrogens (tertiary/aromatic N) is 2. The summed E-state index contributed by atoms with van der Waals surface area (Å²) in [4.78, 5) is 8.29. The van der Waals surface area contributed by atoms with Gasteiger partial charge in [-0.1, -0.05) is 24.3 Å². The van der Waals surface area contributed by atoms with Crippen molar-refractivity contribution in [2.75, 3.05) is 5.32 Å². The topological polar surface area (TPSA) is 37.8 Å². The van der Waals surface area contributed by atoms with Crippen molar-refractivity contribution in [2.24, 2.45) is 0 Å². The van der Waals surface area contributed by atoms with Crippen molar-refractivity contribution in [3.8, 4) is 11.3 Å². The number of halogens is 2. The molecule has 1 heterocycles. The van der Waals surface area contributed by atoms with Crippen LogP contribution in [-0.2, 0) is 0 Å². The first-order chi connectivity index (χ1) is 10.2. The van der Waals surface area contributed by atoms with Crippen LogP contribution in [0, 0.1) is 11.6 Å². The Hall–Kier alpha value is -2.82. The number of benzene rings is 2. The van der Waals surface area contributed by atoms with Crippen LogP contribution >= 0.6 is 0 Å². The van der Waals surface area contributed by atoms with Gasteiger partial charge in [0.25, 0.3) is 0 Å². The predicted octanol–water partition coefficient (Wildman–Crippen LogP) is 4.17. The molecule has 5 heteroatoms. The summed E-state index contributed by atoms with van der Waals surface area (Å²) in [6.45, 7) is 0. The van der Waals surface area contributed by atoms with Gasteiger partial charge in [0.2, 0.25) is 5.95 Å². The lowest BCUT2D eigenvalue weighted by atomic mass is 10.1. The lowest BCUT2D eigenvalue weighted by Crippen LogP contribution is -1.99. The summed E-state index contributed by atoms with van der Waals surface area (Å²) in [5.74, 6) is -1.49. The van der Waals surface area contributed by atoms with E-state index in [1.165, 1.54) is 24.4 Å². The summed E-state index contributed by atoms with van der Waals surface area (Å²) < 4.78 is 27.1. The van der Waals surface area contributed by atoms with Gasteiger partial charge in [-0.05, 0) is 30.3 Å². The van der Waals surface area contributed by atoms with Crippen LogP contribution in [0.4, 0.5) is 20.4 Å². The molecule has 0 bridgehead atoms. The van der Waals surface area contributed by atoms with E-state index in [-0.39, 0.29) is 5.56 Å². The summed E-state index contributed by atoms with van der Waals surface area (Å²) in [6.07, 6.45) is 1.50. The number of hydrogen-bond acceptors (Lipinski definition) is 3. The Morgan fingerprint density at radius 3 is 2.48 bits per heavy atom. The van der Waals surface area contributed by atoms with Gasteiger partial charge in [0, 0.05) is 17.4 Å². The van der Waals surface area contributed by atoms with E-state index >= 15 is 0 Å². The third-order valence-corrected chi connectivity index (χ3v) is 2.91. The van der Waals surface area contributed by atoms with Gasteiger partial charge in [0.1, 0.15) is 0 Å². The van der Waals surface area contributed by atoms with Crippen LogP contribution in [0.3, 0.4) is 0 Å². The quantitative estimate of drug-likeness (QED) is 0.784. The van der Waals surface area contributed by atoms with Crippen LogP contribution in [0.25, 0.3) is 11.3 Å². The molecule has 3 aromatic rings. The molecule has 0 saturated carbocycles. The number of para-hydroxylation sites is 1. The third kappa shape index (κ3) is 2.86. The van der Waals surface area contributed by atoms with Crippen molar-refractivity contribution in [3.05, 3.63) is 72.4 Å². The number of nitrogens with one attached hydrogen (secondary N) is 1. The molecule has 0 radical (unpaired) electrons. The van der Waals surface area contributed by atoms with Crippen LogP contribution in [-0.4, -0.2) is 9.97 Å². The van der Waals surface area contributed by atoms with E-state index < -0.39 is 11.6 Å². The van der Waals surface area contributed by atoms with Crippen LogP contribution in [0.1, 0.15) is 0 Å². The second kappa shape index (κ2) is 5.66. The Morgan fingerprint density at radius 1 is 0.857 bits per heavy atom. The summed E-state index contributed by atoms with van der Waals surface area (Å²) >= 11 is 0. The average molecular weight is 283 g/mol. The van der Waals surface area contributed by atoms with E-state index in [0.717, 1.165) is 11.8 Å². The Kier molecular flexibility index (Phi) is 3.55. The first-order valence-corrected chi connectivity index (χ1v) is 6.33. The largest absolute Gasteiger partial charge is 0.324 e. The predicted molar refractivity (Wildman–Crippen MR) is 77.1 cm³/mol. The molecule has 0 spiro atoms. The highest BCUT2D eigenvalue weighted by molar-refractivity contribution is 5.62. The molecule has 0 fully saturated rings. The van der Waals surface area contributed by atoms with E-state index in [9.17, 15) is 8.78 Å². The molecule has 0 aliphatic rings. The molecule has 3 rings (SSSR count). The van der Waals surface area contributed by atoms with Gasteiger partial charge >= 0.3 is 0 Å². The second-order valence-electron chi connectivity index (χ2n) is 4.36. The van der Waals surface area contributed by atoms with Crippen molar-refractivity contribution < 1.29 is 8.78 Å². The minimum absolute atomic E-state index is 0.105. The molecule has 0 aliphatic carbocycles. The summed E-state index contributed by atoms with van der Waals surface area (Å²) in [7, 11) is 0. The highest BCUT2D eigenvalue weighted by Gasteiger charge is 2.11. The molecule has 0 saturated heterocycles. The molecule has 21 heavy (non-hydrogen) atoms. The first kappa shape index (κ1) is 13.2. The van der Waals surface area contributed by atoms with Gasteiger partial charge in [-0.25, -0.2) is 18.7 Å². The fraction of sp³-hybridized carbons (Fsp3) is 0. The molecule has 2 aromatic carbocycles. The van der Waals surface area contributed by atoms with Crippen molar-refractivity contribution in [1.29, 1.82) is 0 Å². The SMILES string of the molecule is Fc1cccc(-c2ccnc(Nc3ccccc3)n2)c1F. The maximum absolute atomic E-state index is 13.8. The van der Waals surface area contributed by atoms with Gasteiger partial charge in [0.15, 0.2) is 11.6 Å². The Morgan fingerprint density at radius 2 is 1.67 bits per heavy atom. The Labute approximate surface area is 120 Å². The van der Waals surface area contributed by atoms with Crippen molar-refractivity contribution in [3.63, 3.8) is 0 Å². The smallest absolute Gasteiger partial charge is 0.227 e. The summed E-state index contributed by atoms with van der Waals surface area (Å²) in [5.41, 5.74) is 1.24. The standard InChI is InChI=1S/C16H11F2N3/c17-13-8-4-7-12(15(13)18)14-9-10-19-16(21-14)20-11-5-2-1-3-6-11/h1-10H,(H,19,20,21). The summed E-state index contributed by atoms with van der Waals surface area (Å²) in [5, 5.41) is 3.01. The first-order valence-electron chi connectivity index (χ1n) is 6.33. The zero-order valence-electron chi connectivity index (χ0n) is 10.9. The zero-order chi connectivity index (χ0) is 14.7. The van der Waals surface area contributed by atoms with E-state index in [1.54, 1.807) is 0 Å². The average Bonchev–Trinajstić information content (AvgIpc) is 2.51. The Bertz CT molecular complexity index is 760. The molecular weight excluding hydrogens is 272 g/mol. The maximum atomic E-state index is 13.8. The number of aromatic nitrogens is 2. The zero-order valence-corrected chi connectivity index (χ0v) is 10.9. The van der Waals surface area contributed by atoms with Crippen LogP contribution < -0.4 is 5.32 Å². The van der Waals surface area contributed by atoms with Crippen LogP contribution in [0.15, 0.2) is 60.8 Å². The fourth-order valence-electron chi connectivity index (χ4n) is 1.92. The number of hydrogen-bond donors (Lipinski definition) is 1. The van der Waals surface area contributed by atoms with E-state index in [4.69, 9.17) is 0 Å². The fourth-order valence-corrected chi connectivity index (χ4v) is 1.92. The molecule has 104 valence electrons. The minimum Gasteiger partial charge on any atom is -0.324 e. The molecular formula is C16H11F2N3. The van der Waals surface area contributed by atoms with Gasteiger partial charge in [-0.15, -0.1) is 0 Å². The molecule has 0 amide bonds. The minimum atomic E-state index is -0.915. The second-order valence-corrected chi connectivity index (χ2v) is 4.36. The van der Waals surface area contributed by atoms with Crippen LogP contribution in [0.2, 0.25) is 0 Å². The van der Waals surface area contributed by atoms with Crippen LogP contribution in [0.5, 0.6) is 0 Å². The van der Waals surface area contributed by atoms with Gasteiger partial charge in [-0.3, -0.25) is 0 Å². The molecule has 1 N–H and O–H groups in total.